The third-order valence-electron chi connectivity index (χ3n) is 7.57. The first-order valence-electron chi connectivity index (χ1n) is 16.3. The lowest BCUT2D eigenvalue weighted by molar-refractivity contribution is -0.903. The molecule has 0 spiro atoms. The zero-order chi connectivity index (χ0) is 29.2. The Hall–Kier alpha value is -1.40. The third-order valence-corrected chi connectivity index (χ3v) is 7.57. The van der Waals surface area contributed by atoms with Crippen LogP contribution < -0.4 is 0 Å². The summed E-state index contributed by atoms with van der Waals surface area (Å²) < 4.78 is 11.6. The van der Waals surface area contributed by atoms with E-state index in [1.54, 1.807) is 0 Å². The maximum atomic E-state index is 13.1. The molecule has 0 aliphatic carbocycles. The Morgan fingerprint density at radius 1 is 0.769 bits per heavy atom. The fourth-order valence-corrected chi connectivity index (χ4v) is 4.94. The lowest BCUT2D eigenvalue weighted by atomic mass is 10.0. The summed E-state index contributed by atoms with van der Waals surface area (Å²) in [5.41, 5.74) is 0. The summed E-state index contributed by atoms with van der Waals surface area (Å²) in [5, 5.41) is 10.9. The number of esters is 2. The van der Waals surface area contributed by atoms with Crippen molar-refractivity contribution in [3.05, 3.63) is 12.2 Å². The molecule has 1 N–H and O–H groups in total. The molecule has 0 aliphatic rings. The van der Waals surface area contributed by atoms with E-state index >= 15 is 0 Å². The molecule has 0 bridgehead atoms. The Morgan fingerprint density at radius 2 is 1.33 bits per heavy atom. The largest absolute Gasteiger partial charge is 0.460 e. The van der Waals surface area contributed by atoms with E-state index in [0.29, 0.717) is 30.5 Å². The average molecular weight is 555 g/mol. The van der Waals surface area contributed by atoms with Crippen LogP contribution in [0, 0.1) is 0 Å². The first kappa shape index (κ1) is 37.6. The fraction of sp³-hybridized carbons (Fsp3) is 0.879. The standard InChI is InChI=1S/C33H64NO5/c1-6-9-12-14-16-17-18-19-22-24-31(36)32(25-21-11-8-3)39-33(37)29-34(5,27-28-38-30(4)35)26-23-20-15-13-10-7-2/h19,22,31-32,36H,6-18,20-21,23-29H2,1-5H3/q+1. The number of aliphatic hydroxyl groups excluding tert-OH is 1. The molecule has 0 rings (SSSR count). The topological polar surface area (TPSA) is 72.8 Å². The van der Waals surface area contributed by atoms with Crippen LogP contribution in [-0.4, -0.2) is 67.0 Å². The third kappa shape index (κ3) is 23.0. The second kappa shape index (κ2) is 25.6. The number of quaternary nitrogens is 1. The molecule has 0 heterocycles. The first-order valence-corrected chi connectivity index (χ1v) is 16.3. The van der Waals surface area contributed by atoms with Gasteiger partial charge in [-0.05, 0) is 44.9 Å². The van der Waals surface area contributed by atoms with Gasteiger partial charge in [-0.1, -0.05) is 104 Å². The van der Waals surface area contributed by atoms with Crippen molar-refractivity contribution in [2.75, 3.05) is 33.3 Å². The lowest BCUT2D eigenvalue weighted by Gasteiger charge is -2.34. The highest BCUT2D eigenvalue weighted by Crippen LogP contribution is 2.17. The minimum Gasteiger partial charge on any atom is -0.460 e. The molecule has 3 atom stereocenters. The van der Waals surface area contributed by atoms with E-state index in [2.05, 4.69) is 32.9 Å². The number of likely N-dealkylation sites (N-methyl/N-ethyl adjacent to an activating group) is 1. The quantitative estimate of drug-likeness (QED) is 0.0483. The van der Waals surface area contributed by atoms with Gasteiger partial charge in [-0.25, -0.2) is 4.79 Å². The SMILES string of the molecule is CCCCCCCCC=CCC(O)C(CCCCC)OC(=O)C[N+](C)(CCCCCCCC)CCOC(C)=O. The molecule has 0 amide bonds. The van der Waals surface area contributed by atoms with Gasteiger partial charge in [0.25, 0.3) is 0 Å². The van der Waals surface area contributed by atoms with Gasteiger partial charge in [0.2, 0.25) is 0 Å². The summed E-state index contributed by atoms with van der Waals surface area (Å²) in [5.74, 6) is -0.574. The van der Waals surface area contributed by atoms with Crippen molar-refractivity contribution in [2.45, 2.75) is 155 Å². The van der Waals surface area contributed by atoms with Crippen molar-refractivity contribution in [1.82, 2.24) is 0 Å². The Kier molecular flexibility index (Phi) is 24.6. The van der Waals surface area contributed by atoms with Crippen molar-refractivity contribution in [3.63, 3.8) is 0 Å². The van der Waals surface area contributed by atoms with Gasteiger partial charge in [-0.15, -0.1) is 0 Å². The van der Waals surface area contributed by atoms with Gasteiger partial charge in [0.15, 0.2) is 6.54 Å². The highest BCUT2D eigenvalue weighted by Gasteiger charge is 2.30. The number of carbonyl (C=O) groups is 2. The van der Waals surface area contributed by atoms with Crippen LogP contribution in [0.3, 0.4) is 0 Å². The maximum absolute atomic E-state index is 13.1. The molecule has 0 radical (unpaired) electrons. The molecular weight excluding hydrogens is 490 g/mol. The summed E-state index contributed by atoms with van der Waals surface area (Å²) in [7, 11) is 2.05. The summed E-state index contributed by atoms with van der Waals surface area (Å²) in [4.78, 5) is 24.4. The number of aliphatic hydroxyl groups is 1. The maximum Gasteiger partial charge on any atom is 0.362 e. The molecule has 0 aliphatic heterocycles. The lowest BCUT2D eigenvalue weighted by Crippen LogP contribution is -2.51. The van der Waals surface area contributed by atoms with E-state index in [-0.39, 0.29) is 18.5 Å². The number of nitrogens with zero attached hydrogens (tertiary/aromatic N) is 1. The first-order chi connectivity index (χ1) is 18.8. The fourth-order valence-electron chi connectivity index (χ4n) is 4.94. The molecule has 0 fully saturated rings. The van der Waals surface area contributed by atoms with Crippen LogP contribution in [0.4, 0.5) is 0 Å². The molecule has 0 saturated heterocycles. The van der Waals surface area contributed by atoms with Gasteiger partial charge in [0, 0.05) is 6.92 Å². The van der Waals surface area contributed by atoms with Crippen LogP contribution in [0.1, 0.15) is 143 Å². The Bertz CT molecular complexity index is 623. The number of carbonyl (C=O) groups excluding carboxylic acids is 2. The van der Waals surface area contributed by atoms with Gasteiger partial charge < -0.3 is 19.1 Å². The van der Waals surface area contributed by atoms with Crippen LogP contribution in [0.15, 0.2) is 12.2 Å². The predicted molar refractivity (Wildman–Crippen MR) is 163 cm³/mol. The zero-order valence-corrected chi connectivity index (χ0v) is 26.4. The van der Waals surface area contributed by atoms with Crippen molar-refractivity contribution in [2.24, 2.45) is 0 Å². The summed E-state index contributed by atoms with van der Waals surface area (Å²) in [6, 6.07) is 0. The van der Waals surface area contributed by atoms with E-state index in [1.807, 2.05) is 7.05 Å². The summed E-state index contributed by atoms with van der Waals surface area (Å²) in [6.07, 6.45) is 23.1. The molecule has 6 nitrogen and oxygen atoms in total. The molecular formula is C33H64NO5+. The number of rotatable bonds is 27. The van der Waals surface area contributed by atoms with Crippen LogP contribution >= 0.6 is 0 Å². The van der Waals surface area contributed by atoms with Crippen LogP contribution in [0.2, 0.25) is 0 Å². The number of ether oxygens (including phenoxy) is 2. The van der Waals surface area contributed by atoms with E-state index in [9.17, 15) is 14.7 Å². The molecule has 6 heteroatoms. The van der Waals surface area contributed by atoms with Crippen molar-refractivity contribution in [3.8, 4) is 0 Å². The van der Waals surface area contributed by atoms with Crippen LogP contribution in [0.5, 0.6) is 0 Å². The van der Waals surface area contributed by atoms with E-state index in [0.717, 1.165) is 45.1 Å². The van der Waals surface area contributed by atoms with Gasteiger partial charge >= 0.3 is 11.9 Å². The normalized spacial score (nSPS) is 14.7. The highest BCUT2D eigenvalue weighted by atomic mass is 16.6. The van der Waals surface area contributed by atoms with Crippen LogP contribution in [-0.2, 0) is 19.1 Å². The molecule has 3 unspecified atom stereocenters. The molecule has 230 valence electrons. The van der Waals surface area contributed by atoms with E-state index in [4.69, 9.17) is 9.47 Å². The Labute approximate surface area is 241 Å². The monoisotopic (exact) mass is 554 g/mol. The predicted octanol–water partition coefficient (Wildman–Crippen LogP) is 7.91. The average Bonchev–Trinajstić information content (AvgIpc) is 2.88. The summed E-state index contributed by atoms with van der Waals surface area (Å²) in [6.45, 7) is 9.95. The van der Waals surface area contributed by atoms with Gasteiger partial charge in [0.05, 0.1) is 19.7 Å². The number of hydrogen-bond acceptors (Lipinski definition) is 5. The number of allylic oxidation sites excluding steroid dienone is 1. The second-order valence-corrected chi connectivity index (χ2v) is 11.7. The Morgan fingerprint density at radius 3 is 1.95 bits per heavy atom. The van der Waals surface area contributed by atoms with E-state index in [1.165, 1.54) is 71.1 Å². The van der Waals surface area contributed by atoms with Gasteiger partial charge in [0.1, 0.15) is 19.3 Å². The number of hydrogen-bond donors (Lipinski definition) is 1. The summed E-state index contributed by atoms with van der Waals surface area (Å²) >= 11 is 0. The van der Waals surface area contributed by atoms with E-state index < -0.39 is 12.2 Å². The molecule has 39 heavy (non-hydrogen) atoms. The van der Waals surface area contributed by atoms with Crippen molar-refractivity contribution < 1.29 is 28.7 Å². The molecule has 0 aromatic heterocycles. The van der Waals surface area contributed by atoms with Gasteiger partial charge in [-0.3, -0.25) is 4.79 Å². The minimum atomic E-state index is -0.690. The Balaban J connectivity index is 4.90. The van der Waals surface area contributed by atoms with Crippen LogP contribution in [0.25, 0.3) is 0 Å². The van der Waals surface area contributed by atoms with Crippen molar-refractivity contribution >= 4 is 11.9 Å². The van der Waals surface area contributed by atoms with Gasteiger partial charge in [-0.2, -0.15) is 0 Å². The minimum absolute atomic E-state index is 0.223. The zero-order valence-electron chi connectivity index (χ0n) is 26.4. The second-order valence-electron chi connectivity index (χ2n) is 11.7. The highest BCUT2D eigenvalue weighted by molar-refractivity contribution is 5.70. The number of unbranched alkanes of at least 4 members (excludes halogenated alkanes) is 13. The molecule has 0 aromatic carbocycles. The smallest absolute Gasteiger partial charge is 0.362 e. The molecule has 0 saturated carbocycles. The van der Waals surface area contributed by atoms with Crippen molar-refractivity contribution in [1.29, 1.82) is 0 Å². The molecule has 0 aromatic rings.